The molecule has 2 atom stereocenters. The molecule has 0 aromatic carbocycles. The predicted octanol–water partition coefficient (Wildman–Crippen LogP) is 4.52. The molecule has 2 aromatic heterocycles. The van der Waals surface area contributed by atoms with Crippen molar-refractivity contribution in [1.29, 1.82) is 0 Å². The third kappa shape index (κ3) is 3.59. The van der Waals surface area contributed by atoms with E-state index in [4.69, 9.17) is 11.6 Å². The summed E-state index contributed by atoms with van der Waals surface area (Å²) in [5, 5.41) is 3.90. The zero-order valence-corrected chi connectivity index (χ0v) is 19.4. The zero-order chi connectivity index (χ0) is 24.0. The van der Waals surface area contributed by atoms with E-state index in [1.807, 2.05) is 4.90 Å². The van der Waals surface area contributed by atoms with E-state index in [9.17, 15) is 22.8 Å². The Morgan fingerprint density at radius 2 is 1.97 bits per heavy atom. The van der Waals surface area contributed by atoms with Crippen molar-refractivity contribution in [3.8, 4) is 0 Å². The van der Waals surface area contributed by atoms with Crippen LogP contribution in [0.2, 0.25) is 5.02 Å². The molecule has 1 saturated heterocycles. The minimum absolute atomic E-state index is 0.0388. The Morgan fingerprint density at radius 1 is 1.26 bits per heavy atom. The molecular weight excluding hydrogens is 469 g/mol. The number of pyridine rings is 1. The first-order valence-corrected chi connectivity index (χ1v) is 12.0. The molecule has 4 aliphatic rings. The van der Waals surface area contributed by atoms with E-state index < -0.39 is 23.3 Å². The monoisotopic (exact) mass is 492 g/mol. The van der Waals surface area contributed by atoms with Gasteiger partial charge in [-0.1, -0.05) is 30.7 Å². The number of allylic oxidation sites excluding steroid dienone is 2. The molecule has 1 aliphatic heterocycles. The average molecular weight is 493 g/mol. The van der Waals surface area contributed by atoms with Gasteiger partial charge in [-0.05, 0) is 55.2 Å². The summed E-state index contributed by atoms with van der Waals surface area (Å²) >= 11 is 6.46. The topological polar surface area (TPSA) is 57.9 Å². The molecule has 0 bridgehead atoms. The van der Waals surface area contributed by atoms with Crippen LogP contribution in [0.4, 0.5) is 13.2 Å². The fraction of sp³-hybridized carbons (Fsp3) is 0.542. The molecule has 180 valence electrons. The molecule has 6 nitrogen and oxygen atoms in total. The van der Waals surface area contributed by atoms with Gasteiger partial charge in [0, 0.05) is 19.0 Å². The number of carbonyl (C=O) groups is 2. The number of halogens is 4. The van der Waals surface area contributed by atoms with Gasteiger partial charge in [-0.2, -0.15) is 18.3 Å². The minimum Gasteiger partial charge on any atom is -0.339 e. The number of hydrogen-bond acceptors (Lipinski definition) is 3. The molecule has 0 radical (unpaired) electrons. The summed E-state index contributed by atoms with van der Waals surface area (Å²) in [5.41, 5.74) is -1.21. The van der Waals surface area contributed by atoms with Gasteiger partial charge in [0.25, 0.3) is 5.91 Å². The van der Waals surface area contributed by atoms with Crippen LogP contribution in [0, 0.1) is 11.8 Å². The van der Waals surface area contributed by atoms with E-state index in [2.05, 4.69) is 12.0 Å². The predicted molar refractivity (Wildman–Crippen MR) is 119 cm³/mol. The highest BCUT2D eigenvalue weighted by Crippen LogP contribution is 2.47. The molecule has 1 spiro atoms. The Hall–Kier alpha value is -2.55. The third-order valence-corrected chi connectivity index (χ3v) is 8.15. The van der Waals surface area contributed by atoms with E-state index in [-0.39, 0.29) is 34.6 Å². The number of hydrogen-bond donors (Lipinski definition) is 0. The first-order chi connectivity index (χ1) is 16.1. The first-order valence-electron chi connectivity index (χ1n) is 11.6. The van der Waals surface area contributed by atoms with Gasteiger partial charge < -0.3 is 9.80 Å². The van der Waals surface area contributed by atoms with E-state index >= 15 is 0 Å². The van der Waals surface area contributed by atoms with Crippen LogP contribution in [0.1, 0.15) is 60.3 Å². The molecule has 0 N–H and O–H groups in total. The van der Waals surface area contributed by atoms with Gasteiger partial charge in [-0.25, -0.2) is 4.52 Å². The Balaban J connectivity index is 1.30. The number of rotatable bonds is 5. The highest BCUT2D eigenvalue weighted by molar-refractivity contribution is 6.37. The van der Waals surface area contributed by atoms with Gasteiger partial charge >= 0.3 is 6.18 Å². The van der Waals surface area contributed by atoms with Gasteiger partial charge in [0.15, 0.2) is 5.69 Å². The normalized spacial score (nSPS) is 25.5. The lowest BCUT2D eigenvalue weighted by molar-refractivity contribution is -0.142. The Kier molecular flexibility index (Phi) is 4.67. The van der Waals surface area contributed by atoms with Crippen LogP contribution in [-0.2, 0) is 11.0 Å². The second kappa shape index (κ2) is 7.23. The fourth-order valence-corrected chi connectivity index (χ4v) is 5.45. The van der Waals surface area contributed by atoms with E-state index in [1.165, 1.54) is 11.3 Å². The number of aromatic nitrogens is 2. The Bertz CT molecular complexity index is 1240. The summed E-state index contributed by atoms with van der Waals surface area (Å²) < 4.78 is 42.1. The molecule has 2 amide bonds. The number of piperazine rings is 1. The quantitative estimate of drug-likeness (QED) is 0.576. The molecule has 3 fully saturated rings. The summed E-state index contributed by atoms with van der Waals surface area (Å²) in [6, 6.07) is 2.58. The molecule has 6 rings (SSSR count). The standard InChI is InChI=1S/C24H24ClF3N4O2/c1-13-8-15(13)4-7-30-12-23(5-6-23)31(11-19(30)33)22(34)21-20(25)17-9-16(14-2-3-14)10-18(24(26,27)28)32(17)29-21/h2-3,9-10,13-15H,4-8,11-12H2,1H3. The van der Waals surface area contributed by atoms with Crippen LogP contribution in [0.3, 0.4) is 0 Å². The summed E-state index contributed by atoms with van der Waals surface area (Å²) in [6.07, 6.45) is 2.56. The molecule has 2 unspecified atom stereocenters. The number of amides is 2. The molecule has 2 saturated carbocycles. The smallest absolute Gasteiger partial charge is 0.339 e. The lowest BCUT2D eigenvalue weighted by atomic mass is 10.1. The van der Waals surface area contributed by atoms with Crippen molar-refractivity contribution in [2.24, 2.45) is 11.8 Å². The number of carbonyl (C=O) groups excluding carboxylic acids is 2. The highest BCUT2D eigenvalue weighted by Gasteiger charge is 2.56. The van der Waals surface area contributed by atoms with Gasteiger partial charge in [-0.3, -0.25) is 9.59 Å². The molecule has 34 heavy (non-hydrogen) atoms. The van der Waals surface area contributed by atoms with Crippen LogP contribution in [0.5, 0.6) is 0 Å². The number of nitrogens with zero attached hydrogens (tertiary/aromatic N) is 4. The molecule has 3 heterocycles. The average Bonchev–Trinajstić information content (AvgIpc) is 3.67. The van der Waals surface area contributed by atoms with Crippen LogP contribution in [0.25, 0.3) is 5.52 Å². The van der Waals surface area contributed by atoms with Crippen LogP contribution >= 0.6 is 11.6 Å². The lowest BCUT2D eigenvalue weighted by Crippen LogP contribution is -2.59. The maximum absolute atomic E-state index is 13.8. The van der Waals surface area contributed by atoms with Gasteiger partial charge in [0.05, 0.1) is 16.1 Å². The molecular formula is C24H24ClF3N4O2. The van der Waals surface area contributed by atoms with Crippen molar-refractivity contribution in [3.63, 3.8) is 0 Å². The van der Waals surface area contributed by atoms with Gasteiger partial charge in [0.2, 0.25) is 5.91 Å². The zero-order valence-electron chi connectivity index (χ0n) is 18.6. The van der Waals surface area contributed by atoms with Crippen LogP contribution in [0.15, 0.2) is 24.3 Å². The van der Waals surface area contributed by atoms with Crippen LogP contribution in [-0.4, -0.2) is 56.4 Å². The summed E-state index contributed by atoms with van der Waals surface area (Å²) in [7, 11) is 0. The van der Waals surface area contributed by atoms with E-state index in [1.54, 1.807) is 18.2 Å². The minimum atomic E-state index is -4.67. The molecule has 10 heteroatoms. The van der Waals surface area contributed by atoms with Crippen molar-refractivity contribution in [2.45, 2.75) is 50.2 Å². The maximum Gasteiger partial charge on any atom is 0.433 e. The summed E-state index contributed by atoms with van der Waals surface area (Å²) in [6.45, 7) is 3.24. The summed E-state index contributed by atoms with van der Waals surface area (Å²) in [4.78, 5) is 29.7. The Morgan fingerprint density at radius 3 is 2.56 bits per heavy atom. The lowest BCUT2D eigenvalue weighted by Gasteiger charge is -2.41. The van der Waals surface area contributed by atoms with Gasteiger partial charge in [0.1, 0.15) is 12.2 Å². The van der Waals surface area contributed by atoms with Crippen molar-refractivity contribution in [3.05, 3.63) is 46.3 Å². The van der Waals surface area contributed by atoms with E-state index in [0.717, 1.165) is 25.3 Å². The molecule has 3 aliphatic carbocycles. The highest BCUT2D eigenvalue weighted by atomic mass is 35.5. The second-order valence-corrected chi connectivity index (χ2v) is 10.6. The van der Waals surface area contributed by atoms with E-state index in [0.29, 0.717) is 35.0 Å². The summed E-state index contributed by atoms with van der Waals surface area (Å²) in [5.74, 6) is 0.474. The first kappa shape index (κ1) is 21.9. The van der Waals surface area contributed by atoms with Crippen LogP contribution < -0.4 is 0 Å². The van der Waals surface area contributed by atoms with Crippen molar-refractivity contribution in [2.75, 3.05) is 19.6 Å². The largest absolute Gasteiger partial charge is 0.433 e. The maximum atomic E-state index is 13.8. The van der Waals surface area contributed by atoms with Crippen molar-refractivity contribution < 1.29 is 22.8 Å². The van der Waals surface area contributed by atoms with Crippen molar-refractivity contribution >= 4 is 28.9 Å². The molecule has 2 aromatic rings. The number of alkyl halides is 3. The van der Waals surface area contributed by atoms with Crippen molar-refractivity contribution in [1.82, 2.24) is 19.4 Å². The Labute approximate surface area is 199 Å². The number of fused-ring (bicyclic) bond motifs is 1. The fourth-order valence-electron chi connectivity index (χ4n) is 5.19. The SMILES string of the molecule is CC1CC1CCN1CC2(CC2)N(C(=O)c2nn3c(C(F)(F)F)cc(C4C=C4)cc3c2Cl)CC1=O. The third-order valence-electron chi connectivity index (χ3n) is 7.78. The second-order valence-electron chi connectivity index (χ2n) is 10.2. The van der Waals surface area contributed by atoms with Gasteiger partial charge in [-0.15, -0.1) is 0 Å².